The van der Waals surface area contributed by atoms with Crippen molar-refractivity contribution in [2.24, 2.45) is 0 Å². The maximum absolute atomic E-state index is 5.93. The molecule has 1 aromatic carbocycles. The summed E-state index contributed by atoms with van der Waals surface area (Å²) in [7, 11) is 0. The van der Waals surface area contributed by atoms with Crippen molar-refractivity contribution in [3.63, 3.8) is 0 Å². The van der Waals surface area contributed by atoms with Crippen LogP contribution in [0.15, 0.2) is 29.6 Å². The van der Waals surface area contributed by atoms with Crippen LogP contribution in [0.4, 0.5) is 0 Å². The maximum atomic E-state index is 5.93. The molecule has 0 aliphatic rings. The average molecular weight is 304 g/mol. The van der Waals surface area contributed by atoms with E-state index in [4.69, 9.17) is 4.74 Å². The Morgan fingerprint density at radius 3 is 2.52 bits per heavy atom. The molecule has 21 heavy (non-hydrogen) atoms. The number of thiazole rings is 1. The van der Waals surface area contributed by atoms with Gasteiger partial charge in [0.25, 0.3) is 0 Å². The molecule has 0 aliphatic carbocycles. The first-order chi connectivity index (χ1) is 10.1. The molecule has 0 spiro atoms. The molecule has 0 radical (unpaired) electrons. The van der Waals surface area contributed by atoms with Crippen molar-refractivity contribution >= 4 is 11.3 Å². The van der Waals surface area contributed by atoms with Crippen LogP contribution < -0.4 is 10.1 Å². The molecule has 1 heterocycles. The van der Waals surface area contributed by atoms with E-state index in [1.807, 2.05) is 19.1 Å². The molecule has 2 atom stereocenters. The Kier molecular flexibility index (Phi) is 5.76. The quantitative estimate of drug-likeness (QED) is 0.829. The van der Waals surface area contributed by atoms with Crippen LogP contribution >= 0.6 is 11.3 Å². The summed E-state index contributed by atoms with van der Waals surface area (Å²) < 4.78 is 5.93. The molecule has 0 fully saturated rings. The summed E-state index contributed by atoms with van der Waals surface area (Å²) in [5, 5.41) is 6.59. The zero-order valence-electron chi connectivity index (χ0n) is 13.2. The van der Waals surface area contributed by atoms with Crippen molar-refractivity contribution in [1.29, 1.82) is 0 Å². The molecule has 2 unspecified atom stereocenters. The Balaban J connectivity index is 1.90. The zero-order valence-corrected chi connectivity index (χ0v) is 14.0. The number of aryl methyl sites for hydroxylation is 1. The minimum Gasteiger partial charge on any atom is -0.489 e. The van der Waals surface area contributed by atoms with E-state index in [1.165, 1.54) is 0 Å². The van der Waals surface area contributed by atoms with Crippen molar-refractivity contribution in [3.05, 3.63) is 35.3 Å². The molecule has 0 amide bonds. The first-order valence-electron chi connectivity index (χ1n) is 7.51. The lowest BCUT2D eigenvalue weighted by atomic mass is 10.2. The van der Waals surface area contributed by atoms with E-state index in [1.54, 1.807) is 11.3 Å². The van der Waals surface area contributed by atoms with E-state index in [9.17, 15) is 0 Å². The molecule has 1 N–H and O–H groups in total. The summed E-state index contributed by atoms with van der Waals surface area (Å²) in [6.45, 7) is 9.35. The van der Waals surface area contributed by atoms with E-state index in [-0.39, 0.29) is 6.10 Å². The van der Waals surface area contributed by atoms with Gasteiger partial charge < -0.3 is 10.1 Å². The van der Waals surface area contributed by atoms with Gasteiger partial charge in [0.15, 0.2) is 0 Å². The minimum atomic E-state index is 0.159. The van der Waals surface area contributed by atoms with Gasteiger partial charge in [-0.15, -0.1) is 11.3 Å². The second-order valence-electron chi connectivity index (χ2n) is 5.46. The van der Waals surface area contributed by atoms with E-state index >= 15 is 0 Å². The summed E-state index contributed by atoms with van der Waals surface area (Å²) in [4.78, 5) is 4.50. The van der Waals surface area contributed by atoms with Gasteiger partial charge in [-0.2, -0.15) is 0 Å². The number of ether oxygens (including phenoxy) is 1. The van der Waals surface area contributed by atoms with Crippen LogP contribution in [0.1, 0.15) is 32.9 Å². The highest BCUT2D eigenvalue weighted by Gasteiger charge is 2.07. The minimum absolute atomic E-state index is 0.159. The lowest BCUT2D eigenvalue weighted by Gasteiger charge is -2.18. The van der Waals surface area contributed by atoms with Gasteiger partial charge in [-0.1, -0.05) is 6.92 Å². The number of nitrogens with zero attached hydrogens (tertiary/aromatic N) is 1. The van der Waals surface area contributed by atoms with Crippen LogP contribution in [0.25, 0.3) is 10.6 Å². The van der Waals surface area contributed by atoms with Crippen LogP contribution in [0.3, 0.4) is 0 Å². The van der Waals surface area contributed by atoms with Gasteiger partial charge in [-0.05, 0) is 51.5 Å². The second-order valence-corrected chi connectivity index (χ2v) is 6.32. The van der Waals surface area contributed by atoms with E-state index in [0.717, 1.165) is 35.0 Å². The van der Waals surface area contributed by atoms with Gasteiger partial charge in [0.1, 0.15) is 16.9 Å². The highest BCUT2D eigenvalue weighted by Crippen LogP contribution is 2.25. The largest absolute Gasteiger partial charge is 0.489 e. The Morgan fingerprint density at radius 2 is 1.95 bits per heavy atom. The fraction of sp³-hybridized carbons (Fsp3) is 0.471. The Labute approximate surface area is 131 Å². The SMILES string of the molecule is CCC(C)NCC(C)Oc1ccc(-c2nc(C)cs2)cc1. The third kappa shape index (κ3) is 4.83. The number of hydrogen-bond acceptors (Lipinski definition) is 4. The molecule has 0 saturated carbocycles. The number of aromatic nitrogens is 1. The standard InChI is InChI=1S/C17H24N2OS/c1-5-12(2)18-10-14(4)20-16-8-6-15(7-9-16)17-19-13(3)11-21-17/h6-9,11-12,14,18H,5,10H2,1-4H3. The van der Waals surface area contributed by atoms with Crippen molar-refractivity contribution in [3.8, 4) is 16.3 Å². The molecule has 1 aromatic heterocycles. The van der Waals surface area contributed by atoms with Crippen LogP contribution in [-0.2, 0) is 0 Å². The van der Waals surface area contributed by atoms with Crippen LogP contribution in [0.5, 0.6) is 5.75 Å². The fourth-order valence-corrected chi connectivity index (χ4v) is 2.75. The fourth-order valence-electron chi connectivity index (χ4n) is 1.95. The highest BCUT2D eigenvalue weighted by molar-refractivity contribution is 7.13. The smallest absolute Gasteiger partial charge is 0.123 e. The van der Waals surface area contributed by atoms with E-state index in [2.05, 4.69) is 48.6 Å². The van der Waals surface area contributed by atoms with Crippen molar-refractivity contribution in [1.82, 2.24) is 10.3 Å². The van der Waals surface area contributed by atoms with Crippen LogP contribution in [-0.4, -0.2) is 23.7 Å². The van der Waals surface area contributed by atoms with E-state index < -0.39 is 0 Å². The first kappa shape index (κ1) is 16.0. The Morgan fingerprint density at radius 1 is 1.24 bits per heavy atom. The number of nitrogens with one attached hydrogen (secondary N) is 1. The summed E-state index contributed by atoms with van der Waals surface area (Å²) in [6.07, 6.45) is 1.29. The first-order valence-corrected chi connectivity index (χ1v) is 8.39. The number of hydrogen-bond donors (Lipinski definition) is 1. The van der Waals surface area contributed by atoms with Gasteiger partial charge in [0.2, 0.25) is 0 Å². The molecular formula is C17H24N2OS. The van der Waals surface area contributed by atoms with Gasteiger partial charge in [0, 0.05) is 29.2 Å². The van der Waals surface area contributed by atoms with E-state index in [0.29, 0.717) is 6.04 Å². The third-order valence-corrected chi connectivity index (χ3v) is 4.43. The van der Waals surface area contributed by atoms with Gasteiger partial charge in [-0.3, -0.25) is 0 Å². The van der Waals surface area contributed by atoms with Crippen molar-refractivity contribution < 1.29 is 4.74 Å². The third-order valence-electron chi connectivity index (χ3n) is 3.42. The molecular weight excluding hydrogens is 280 g/mol. The second kappa shape index (κ2) is 7.57. The van der Waals surface area contributed by atoms with Gasteiger partial charge >= 0.3 is 0 Å². The van der Waals surface area contributed by atoms with Gasteiger partial charge in [-0.25, -0.2) is 4.98 Å². The van der Waals surface area contributed by atoms with Crippen LogP contribution in [0.2, 0.25) is 0 Å². The molecule has 4 heteroatoms. The lowest BCUT2D eigenvalue weighted by Crippen LogP contribution is -2.34. The predicted octanol–water partition coefficient (Wildman–Crippen LogP) is 4.27. The highest BCUT2D eigenvalue weighted by atomic mass is 32.1. The van der Waals surface area contributed by atoms with Gasteiger partial charge in [0.05, 0.1) is 0 Å². The summed E-state index contributed by atoms with van der Waals surface area (Å²) in [6, 6.07) is 8.72. The summed E-state index contributed by atoms with van der Waals surface area (Å²) in [5.74, 6) is 0.908. The zero-order chi connectivity index (χ0) is 15.2. The summed E-state index contributed by atoms with van der Waals surface area (Å²) in [5.41, 5.74) is 2.21. The Hall–Kier alpha value is -1.39. The topological polar surface area (TPSA) is 34.1 Å². The molecule has 2 aromatic rings. The summed E-state index contributed by atoms with van der Waals surface area (Å²) >= 11 is 1.67. The molecule has 114 valence electrons. The lowest BCUT2D eigenvalue weighted by molar-refractivity contribution is 0.212. The molecule has 3 nitrogen and oxygen atoms in total. The average Bonchev–Trinajstić information content (AvgIpc) is 2.92. The van der Waals surface area contributed by atoms with Crippen LogP contribution in [0, 0.1) is 6.92 Å². The van der Waals surface area contributed by atoms with Crippen molar-refractivity contribution in [2.75, 3.05) is 6.54 Å². The molecule has 2 rings (SSSR count). The monoisotopic (exact) mass is 304 g/mol. The van der Waals surface area contributed by atoms with Crippen molar-refractivity contribution in [2.45, 2.75) is 46.3 Å². The Bertz CT molecular complexity index is 550. The maximum Gasteiger partial charge on any atom is 0.123 e. The number of rotatable bonds is 7. The predicted molar refractivity (Wildman–Crippen MR) is 90.1 cm³/mol. The molecule has 0 aliphatic heterocycles. The number of benzene rings is 1. The normalized spacial score (nSPS) is 13.9. The molecule has 0 saturated heterocycles. The molecule has 0 bridgehead atoms.